The van der Waals surface area contributed by atoms with Gasteiger partial charge in [-0.05, 0) is 45.0 Å². The third-order valence-electron chi connectivity index (χ3n) is 3.45. The van der Waals surface area contributed by atoms with Crippen LogP contribution in [0.4, 0.5) is 0 Å². The molecule has 0 spiro atoms. The van der Waals surface area contributed by atoms with Gasteiger partial charge < -0.3 is 5.32 Å². The lowest BCUT2D eigenvalue weighted by Crippen LogP contribution is -2.27. The molecule has 1 aromatic heterocycles. The smallest absolute Gasteiger partial charge is 0.0547 e. The minimum Gasteiger partial charge on any atom is -0.314 e. The van der Waals surface area contributed by atoms with Gasteiger partial charge in [-0.2, -0.15) is 0 Å². The Kier molecular flexibility index (Phi) is 5.14. The Morgan fingerprint density at radius 2 is 2.11 bits per heavy atom. The van der Waals surface area contributed by atoms with E-state index in [0.29, 0.717) is 0 Å². The third-order valence-corrected chi connectivity index (χ3v) is 3.45. The van der Waals surface area contributed by atoms with Crippen LogP contribution < -0.4 is 5.32 Å². The first kappa shape index (κ1) is 13.5. The van der Waals surface area contributed by atoms with Crippen molar-refractivity contribution in [3.63, 3.8) is 0 Å². The molecule has 0 radical (unpaired) electrons. The van der Waals surface area contributed by atoms with E-state index in [4.69, 9.17) is 4.98 Å². The summed E-state index contributed by atoms with van der Waals surface area (Å²) >= 11 is 0. The van der Waals surface area contributed by atoms with Crippen LogP contribution in [0.3, 0.4) is 0 Å². The van der Waals surface area contributed by atoms with Crippen molar-refractivity contribution >= 4 is 0 Å². The van der Waals surface area contributed by atoms with Gasteiger partial charge in [0.05, 0.1) is 11.4 Å². The fraction of sp³-hybridized carbons (Fsp3) is 0.667. The molecule has 1 N–H and O–H groups in total. The van der Waals surface area contributed by atoms with E-state index >= 15 is 0 Å². The minimum absolute atomic E-state index is 0.825. The maximum Gasteiger partial charge on any atom is 0.0547 e. The van der Waals surface area contributed by atoms with Crippen molar-refractivity contribution in [3.8, 4) is 0 Å². The number of nitrogens with zero attached hydrogens (tertiary/aromatic N) is 2. The van der Waals surface area contributed by atoms with E-state index < -0.39 is 0 Å². The molecule has 2 rings (SSSR count). The Morgan fingerprint density at radius 3 is 2.78 bits per heavy atom. The number of hydrogen-bond donors (Lipinski definition) is 1. The topological polar surface area (TPSA) is 28.2 Å². The standard InChI is InChI=1S/C15H25N3/c1-3-4-10-18(15-8-9-15)12-14-7-5-6-13(17-14)11-16-2/h5-7,15-16H,3-4,8-12H2,1-2H3. The molecule has 0 amide bonds. The molecule has 100 valence electrons. The van der Waals surface area contributed by atoms with E-state index in [1.165, 1.54) is 37.9 Å². The predicted octanol–water partition coefficient (Wildman–Crippen LogP) is 2.57. The quantitative estimate of drug-likeness (QED) is 0.765. The van der Waals surface area contributed by atoms with Crippen LogP contribution in [0, 0.1) is 0 Å². The van der Waals surface area contributed by atoms with Crippen LogP contribution in [0.2, 0.25) is 0 Å². The number of aromatic nitrogens is 1. The predicted molar refractivity (Wildman–Crippen MR) is 75.3 cm³/mol. The Hall–Kier alpha value is -0.930. The Bertz CT molecular complexity index is 361. The van der Waals surface area contributed by atoms with Crippen LogP contribution >= 0.6 is 0 Å². The molecule has 0 atom stereocenters. The summed E-state index contributed by atoms with van der Waals surface area (Å²) in [5.41, 5.74) is 2.35. The lowest BCUT2D eigenvalue weighted by atomic mass is 10.2. The highest BCUT2D eigenvalue weighted by molar-refractivity contribution is 5.11. The van der Waals surface area contributed by atoms with Crippen LogP contribution in [0.5, 0.6) is 0 Å². The second-order valence-electron chi connectivity index (χ2n) is 5.21. The highest BCUT2D eigenvalue weighted by Crippen LogP contribution is 2.28. The van der Waals surface area contributed by atoms with Gasteiger partial charge in [-0.25, -0.2) is 0 Å². The summed E-state index contributed by atoms with van der Waals surface area (Å²) in [6.07, 6.45) is 5.32. The summed E-state index contributed by atoms with van der Waals surface area (Å²) in [4.78, 5) is 7.32. The van der Waals surface area contributed by atoms with Gasteiger partial charge in [0.2, 0.25) is 0 Å². The third kappa shape index (κ3) is 4.07. The average molecular weight is 247 g/mol. The summed E-state index contributed by atoms with van der Waals surface area (Å²) in [6.45, 7) is 5.35. The van der Waals surface area contributed by atoms with E-state index in [-0.39, 0.29) is 0 Å². The molecule has 0 saturated heterocycles. The van der Waals surface area contributed by atoms with E-state index in [0.717, 1.165) is 24.8 Å². The van der Waals surface area contributed by atoms with Gasteiger partial charge >= 0.3 is 0 Å². The fourth-order valence-corrected chi connectivity index (χ4v) is 2.30. The van der Waals surface area contributed by atoms with Gasteiger partial charge in [0.15, 0.2) is 0 Å². The fourth-order valence-electron chi connectivity index (χ4n) is 2.30. The van der Waals surface area contributed by atoms with E-state index in [9.17, 15) is 0 Å². The van der Waals surface area contributed by atoms with Gasteiger partial charge in [-0.1, -0.05) is 19.4 Å². The summed E-state index contributed by atoms with van der Waals surface area (Å²) in [5, 5.41) is 3.16. The molecule has 1 fully saturated rings. The normalized spacial score (nSPS) is 15.3. The molecule has 0 aromatic carbocycles. The average Bonchev–Trinajstić information content (AvgIpc) is 3.19. The van der Waals surface area contributed by atoms with E-state index in [2.05, 4.69) is 35.3 Å². The largest absolute Gasteiger partial charge is 0.314 e. The van der Waals surface area contributed by atoms with Gasteiger partial charge in [0, 0.05) is 19.1 Å². The zero-order valence-electron chi connectivity index (χ0n) is 11.7. The van der Waals surface area contributed by atoms with Crippen LogP contribution in [-0.2, 0) is 13.1 Å². The van der Waals surface area contributed by atoms with Gasteiger partial charge in [-0.15, -0.1) is 0 Å². The monoisotopic (exact) mass is 247 g/mol. The molecular weight excluding hydrogens is 222 g/mol. The highest BCUT2D eigenvalue weighted by Gasteiger charge is 2.28. The molecular formula is C15H25N3. The van der Waals surface area contributed by atoms with Crippen LogP contribution in [0.25, 0.3) is 0 Å². The van der Waals surface area contributed by atoms with Crippen molar-refractivity contribution in [2.45, 2.75) is 51.7 Å². The molecule has 18 heavy (non-hydrogen) atoms. The molecule has 1 heterocycles. The van der Waals surface area contributed by atoms with E-state index in [1.807, 2.05) is 7.05 Å². The summed E-state index contributed by atoms with van der Waals surface area (Å²) in [6, 6.07) is 7.19. The lowest BCUT2D eigenvalue weighted by Gasteiger charge is -2.21. The van der Waals surface area contributed by atoms with Crippen molar-refractivity contribution in [1.82, 2.24) is 15.2 Å². The summed E-state index contributed by atoms with van der Waals surface area (Å²) < 4.78 is 0. The summed E-state index contributed by atoms with van der Waals surface area (Å²) in [5.74, 6) is 0. The van der Waals surface area contributed by atoms with Crippen molar-refractivity contribution in [2.24, 2.45) is 0 Å². The van der Waals surface area contributed by atoms with Crippen LogP contribution in [0.1, 0.15) is 44.0 Å². The number of unbranched alkanes of at least 4 members (excludes halogenated alkanes) is 1. The summed E-state index contributed by atoms with van der Waals surface area (Å²) in [7, 11) is 1.96. The van der Waals surface area contributed by atoms with E-state index in [1.54, 1.807) is 0 Å². The van der Waals surface area contributed by atoms with Crippen molar-refractivity contribution in [3.05, 3.63) is 29.6 Å². The maximum atomic E-state index is 4.72. The second-order valence-corrected chi connectivity index (χ2v) is 5.21. The number of nitrogens with one attached hydrogen (secondary N) is 1. The first-order valence-corrected chi connectivity index (χ1v) is 7.17. The number of rotatable bonds is 8. The van der Waals surface area contributed by atoms with Crippen LogP contribution in [0.15, 0.2) is 18.2 Å². The zero-order chi connectivity index (χ0) is 12.8. The molecule has 3 nitrogen and oxygen atoms in total. The first-order valence-electron chi connectivity index (χ1n) is 7.17. The zero-order valence-corrected chi connectivity index (χ0v) is 11.7. The second kappa shape index (κ2) is 6.86. The van der Waals surface area contributed by atoms with Gasteiger partial charge in [-0.3, -0.25) is 9.88 Å². The Balaban J connectivity index is 1.94. The minimum atomic E-state index is 0.825. The van der Waals surface area contributed by atoms with Crippen molar-refractivity contribution in [2.75, 3.05) is 13.6 Å². The van der Waals surface area contributed by atoms with Gasteiger partial charge in [0.1, 0.15) is 0 Å². The van der Waals surface area contributed by atoms with Crippen molar-refractivity contribution < 1.29 is 0 Å². The Labute approximate surface area is 111 Å². The number of hydrogen-bond acceptors (Lipinski definition) is 3. The molecule has 0 unspecified atom stereocenters. The molecule has 1 aliphatic rings. The molecule has 1 aliphatic carbocycles. The van der Waals surface area contributed by atoms with Gasteiger partial charge in [0.25, 0.3) is 0 Å². The molecule has 3 heteroatoms. The first-order chi connectivity index (χ1) is 8.83. The molecule has 1 saturated carbocycles. The SMILES string of the molecule is CCCCN(Cc1cccc(CNC)n1)C1CC1. The molecule has 0 bridgehead atoms. The van der Waals surface area contributed by atoms with Crippen LogP contribution in [-0.4, -0.2) is 29.5 Å². The molecule has 0 aliphatic heterocycles. The lowest BCUT2D eigenvalue weighted by molar-refractivity contribution is 0.247. The highest BCUT2D eigenvalue weighted by atomic mass is 15.2. The Morgan fingerprint density at radius 1 is 1.33 bits per heavy atom. The van der Waals surface area contributed by atoms with Crippen molar-refractivity contribution in [1.29, 1.82) is 0 Å². The molecule has 1 aromatic rings. The maximum absolute atomic E-state index is 4.72. The number of pyridine rings is 1.